The SMILES string of the molecule is CO[C@]1(C)CC[C@@H](CC(C)(C)C)CC1. The quantitative estimate of drug-likeness (QED) is 0.651. The molecule has 1 nitrogen and oxygen atoms in total. The summed E-state index contributed by atoms with van der Waals surface area (Å²) in [7, 11) is 1.85. The maximum absolute atomic E-state index is 5.56. The van der Waals surface area contributed by atoms with Crippen LogP contribution in [0.3, 0.4) is 0 Å². The molecule has 0 aromatic rings. The van der Waals surface area contributed by atoms with Crippen molar-refractivity contribution in [3.05, 3.63) is 0 Å². The van der Waals surface area contributed by atoms with Crippen LogP contribution in [0.15, 0.2) is 0 Å². The molecular formula is C13H26O. The highest BCUT2D eigenvalue weighted by Crippen LogP contribution is 2.39. The summed E-state index contributed by atoms with van der Waals surface area (Å²) >= 11 is 0. The van der Waals surface area contributed by atoms with Crippen molar-refractivity contribution in [3.8, 4) is 0 Å². The molecule has 0 amide bonds. The molecule has 0 heterocycles. The largest absolute Gasteiger partial charge is 0.379 e. The van der Waals surface area contributed by atoms with E-state index in [4.69, 9.17) is 4.74 Å². The number of methoxy groups -OCH3 is 1. The minimum absolute atomic E-state index is 0.175. The zero-order valence-electron chi connectivity index (χ0n) is 10.5. The van der Waals surface area contributed by atoms with Gasteiger partial charge in [-0.05, 0) is 50.4 Å². The summed E-state index contributed by atoms with van der Waals surface area (Å²) in [5, 5.41) is 0. The van der Waals surface area contributed by atoms with E-state index in [0.29, 0.717) is 5.41 Å². The Morgan fingerprint density at radius 1 is 1.21 bits per heavy atom. The molecule has 0 spiro atoms. The average Bonchev–Trinajstić information content (AvgIpc) is 2.07. The first-order chi connectivity index (χ1) is 6.35. The molecule has 0 aliphatic heterocycles. The summed E-state index contributed by atoms with van der Waals surface area (Å²) in [5.41, 5.74) is 0.667. The van der Waals surface area contributed by atoms with E-state index in [1.165, 1.54) is 32.1 Å². The van der Waals surface area contributed by atoms with E-state index in [1.54, 1.807) is 0 Å². The first-order valence-corrected chi connectivity index (χ1v) is 5.90. The summed E-state index contributed by atoms with van der Waals surface area (Å²) in [6.45, 7) is 9.28. The molecule has 0 radical (unpaired) electrons. The highest BCUT2D eigenvalue weighted by molar-refractivity contribution is 4.84. The van der Waals surface area contributed by atoms with Crippen LogP contribution in [0.2, 0.25) is 0 Å². The van der Waals surface area contributed by atoms with Gasteiger partial charge < -0.3 is 4.74 Å². The molecular weight excluding hydrogens is 172 g/mol. The summed E-state index contributed by atoms with van der Waals surface area (Å²) < 4.78 is 5.56. The maximum Gasteiger partial charge on any atom is 0.0651 e. The van der Waals surface area contributed by atoms with E-state index in [-0.39, 0.29) is 5.60 Å². The maximum atomic E-state index is 5.56. The smallest absolute Gasteiger partial charge is 0.0651 e. The van der Waals surface area contributed by atoms with Gasteiger partial charge in [0.15, 0.2) is 0 Å². The van der Waals surface area contributed by atoms with Crippen LogP contribution in [0.25, 0.3) is 0 Å². The molecule has 1 rings (SSSR count). The van der Waals surface area contributed by atoms with Crippen LogP contribution in [0, 0.1) is 11.3 Å². The second-order valence-electron chi connectivity index (χ2n) is 6.36. The molecule has 0 bridgehead atoms. The van der Waals surface area contributed by atoms with Gasteiger partial charge in [-0.2, -0.15) is 0 Å². The van der Waals surface area contributed by atoms with E-state index < -0.39 is 0 Å². The van der Waals surface area contributed by atoms with Gasteiger partial charge in [-0.1, -0.05) is 20.8 Å². The van der Waals surface area contributed by atoms with Crippen molar-refractivity contribution in [1.82, 2.24) is 0 Å². The molecule has 1 heteroatoms. The standard InChI is InChI=1S/C13H26O/c1-12(2,3)10-11-6-8-13(4,14-5)9-7-11/h11H,6-10H2,1-5H3/t11-,13-. The van der Waals surface area contributed by atoms with Crippen LogP contribution in [0.1, 0.15) is 59.8 Å². The summed E-state index contributed by atoms with van der Waals surface area (Å²) in [4.78, 5) is 0. The Morgan fingerprint density at radius 3 is 2.07 bits per heavy atom. The molecule has 1 aliphatic rings. The molecule has 1 fully saturated rings. The fraction of sp³-hybridized carbons (Fsp3) is 1.00. The van der Waals surface area contributed by atoms with Gasteiger partial charge in [0.2, 0.25) is 0 Å². The summed E-state index contributed by atoms with van der Waals surface area (Å²) in [6, 6.07) is 0. The average molecular weight is 198 g/mol. The van der Waals surface area contributed by atoms with Crippen LogP contribution in [0.5, 0.6) is 0 Å². The molecule has 84 valence electrons. The fourth-order valence-corrected chi connectivity index (χ4v) is 2.56. The zero-order valence-corrected chi connectivity index (χ0v) is 10.5. The summed E-state index contributed by atoms with van der Waals surface area (Å²) in [6.07, 6.45) is 6.55. The van der Waals surface area contributed by atoms with Gasteiger partial charge in [-0.25, -0.2) is 0 Å². The highest BCUT2D eigenvalue weighted by atomic mass is 16.5. The molecule has 1 saturated carbocycles. The van der Waals surface area contributed by atoms with Crippen LogP contribution in [-0.4, -0.2) is 12.7 Å². The minimum atomic E-state index is 0.175. The molecule has 0 saturated heterocycles. The van der Waals surface area contributed by atoms with E-state index in [0.717, 1.165) is 5.92 Å². The van der Waals surface area contributed by atoms with E-state index in [1.807, 2.05) is 7.11 Å². The number of rotatable bonds is 2. The number of hydrogen-bond donors (Lipinski definition) is 0. The molecule has 1 aliphatic carbocycles. The first kappa shape index (κ1) is 12.0. The normalized spacial score (nSPS) is 34.5. The predicted octanol–water partition coefficient (Wildman–Crippen LogP) is 4.02. The van der Waals surface area contributed by atoms with Crippen LogP contribution >= 0.6 is 0 Å². The van der Waals surface area contributed by atoms with Gasteiger partial charge >= 0.3 is 0 Å². The second kappa shape index (κ2) is 4.22. The molecule has 0 atom stereocenters. The van der Waals surface area contributed by atoms with Crippen molar-refractivity contribution in [2.24, 2.45) is 11.3 Å². The minimum Gasteiger partial charge on any atom is -0.379 e. The lowest BCUT2D eigenvalue weighted by Gasteiger charge is -2.38. The van der Waals surface area contributed by atoms with Crippen LogP contribution in [0.4, 0.5) is 0 Å². The third-order valence-electron chi connectivity index (χ3n) is 3.56. The van der Waals surface area contributed by atoms with Crippen molar-refractivity contribution >= 4 is 0 Å². The topological polar surface area (TPSA) is 9.23 Å². The molecule has 0 aromatic heterocycles. The molecule has 0 unspecified atom stereocenters. The first-order valence-electron chi connectivity index (χ1n) is 5.90. The number of ether oxygens (including phenoxy) is 1. The van der Waals surface area contributed by atoms with Crippen molar-refractivity contribution in [2.75, 3.05) is 7.11 Å². The van der Waals surface area contributed by atoms with Crippen LogP contribution < -0.4 is 0 Å². The van der Waals surface area contributed by atoms with Gasteiger partial charge in [-0.3, -0.25) is 0 Å². The predicted molar refractivity (Wildman–Crippen MR) is 61.4 cm³/mol. The third-order valence-corrected chi connectivity index (χ3v) is 3.56. The Morgan fingerprint density at radius 2 is 1.71 bits per heavy atom. The van der Waals surface area contributed by atoms with Gasteiger partial charge in [0.25, 0.3) is 0 Å². The van der Waals surface area contributed by atoms with Crippen molar-refractivity contribution in [2.45, 2.75) is 65.4 Å². The lowest BCUT2D eigenvalue weighted by molar-refractivity contribution is -0.0372. The van der Waals surface area contributed by atoms with Gasteiger partial charge in [0.05, 0.1) is 5.60 Å². The highest BCUT2D eigenvalue weighted by Gasteiger charge is 2.32. The van der Waals surface area contributed by atoms with Crippen molar-refractivity contribution in [3.63, 3.8) is 0 Å². The third kappa shape index (κ3) is 3.61. The van der Waals surface area contributed by atoms with Crippen molar-refractivity contribution < 1.29 is 4.74 Å². The van der Waals surface area contributed by atoms with Crippen LogP contribution in [-0.2, 0) is 4.74 Å². The molecule has 0 aromatic carbocycles. The van der Waals surface area contributed by atoms with Crippen molar-refractivity contribution in [1.29, 1.82) is 0 Å². The fourth-order valence-electron chi connectivity index (χ4n) is 2.56. The van der Waals surface area contributed by atoms with E-state index >= 15 is 0 Å². The summed E-state index contributed by atoms with van der Waals surface area (Å²) in [5.74, 6) is 0.929. The molecule has 14 heavy (non-hydrogen) atoms. The second-order valence-corrected chi connectivity index (χ2v) is 6.36. The Labute approximate surface area is 89.2 Å². The lowest BCUT2D eigenvalue weighted by atomic mass is 9.73. The monoisotopic (exact) mass is 198 g/mol. The number of hydrogen-bond acceptors (Lipinski definition) is 1. The Kier molecular flexibility index (Phi) is 3.63. The Balaban J connectivity index is 2.36. The van der Waals surface area contributed by atoms with E-state index in [2.05, 4.69) is 27.7 Å². The van der Waals surface area contributed by atoms with Gasteiger partial charge in [0, 0.05) is 7.11 Å². The molecule has 0 N–H and O–H groups in total. The Bertz CT molecular complexity index is 170. The van der Waals surface area contributed by atoms with E-state index in [9.17, 15) is 0 Å². The van der Waals surface area contributed by atoms with Gasteiger partial charge in [-0.15, -0.1) is 0 Å². The van der Waals surface area contributed by atoms with Gasteiger partial charge in [0.1, 0.15) is 0 Å². The zero-order chi connectivity index (χ0) is 10.8. The lowest BCUT2D eigenvalue weighted by Crippen LogP contribution is -2.33. The Hall–Kier alpha value is -0.0400.